The Kier molecular flexibility index (Phi) is 7.79. The Labute approximate surface area is 194 Å². The van der Waals surface area contributed by atoms with Gasteiger partial charge in [0.2, 0.25) is 11.5 Å². The minimum absolute atomic E-state index is 0.252. The van der Waals surface area contributed by atoms with E-state index in [9.17, 15) is 4.79 Å². The van der Waals surface area contributed by atoms with E-state index in [-0.39, 0.29) is 23.0 Å². The molecule has 0 aliphatic heterocycles. The van der Waals surface area contributed by atoms with Crippen LogP contribution in [0.25, 0.3) is 0 Å². The van der Waals surface area contributed by atoms with Gasteiger partial charge in [-0.2, -0.15) is 0 Å². The van der Waals surface area contributed by atoms with Crippen LogP contribution in [0.2, 0.25) is 0 Å². The predicted octanol–water partition coefficient (Wildman–Crippen LogP) is 4.88. The molecule has 3 N–H and O–H groups in total. The van der Waals surface area contributed by atoms with Crippen molar-refractivity contribution in [3.8, 4) is 28.7 Å². The number of methoxy groups -OCH3 is 3. The molecule has 33 heavy (non-hydrogen) atoms. The number of carbonyl (C=O) groups excluding carboxylic acids is 1. The number of ether oxygens (including phenoxy) is 4. The number of nitrogens with two attached hydrogens (primary N) is 1. The molecule has 0 saturated carbocycles. The van der Waals surface area contributed by atoms with Gasteiger partial charge in [0.1, 0.15) is 5.75 Å². The highest BCUT2D eigenvalue weighted by molar-refractivity contribution is 6.08. The predicted molar refractivity (Wildman–Crippen MR) is 129 cm³/mol. The van der Waals surface area contributed by atoms with Crippen LogP contribution in [0.5, 0.6) is 28.7 Å². The smallest absolute Gasteiger partial charge is 0.259 e. The normalized spacial score (nSPS) is 10.5. The quantitative estimate of drug-likeness (QED) is 0.483. The Morgan fingerprint density at radius 1 is 0.879 bits per heavy atom. The molecule has 7 heteroatoms. The number of benzene rings is 3. The number of aryl methyl sites for hydroxylation is 2. The summed E-state index contributed by atoms with van der Waals surface area (Å²) in [4.78, 5) is 13.3. The van der Waals surface area contributed by atoms with Gasteiger partial charge in [-0.15, -0.1) is 0 Å². The van der Waals surface area contributed by atoms with E-state index >= 15 is 0 Å². The Morgan fingerprint density at radius 3 is 2.12 bits per heavy atom. The van der Waals surface area contributed by atoms with Gasteiger partial charge in [-0.3, -0.25) is 4.79 Å². The zero-order valence-electron chi connectivity index (χ0n) is 19.7. The second-order valence-corrected chi connectivity index (χ2v) is 7.58. The number of carbonyl (C=O) groups is 1. The van der Waals surface area contributed by atoms with Crippen molar-refractivity contribution in [1.82, 2.24) is 0 Å². The third-order valence-corrected chi connectivity index (χ3v) is 5.23. The Balaban J connectivity index is 2.02. The van der Waals surface area contributed by atoms with E-state index in [4.69, 9.17) is 24.7 Å². The van der Waals surface area contributed by atoms with E-state index in [1.165, 1.54) is 21.3 Å². The van der Waals surface area contributed by atoms with E-state index < -0.39 is 0 Å². The van der Waals surface area contributed by atoms with E-state index in [1.807, 2.05) is 56.3 Å². The molecule has 0 spiro atoms. The van der Waals surface area contributed by atoms with Crippen LogP contribution < -0.4 is 30.0 Å². The van der Waals surface area contributed by atoms with Gasteiger partial charge in [-0.1, -0.05) is 29.8 Å². The lowest BCUT2D eigenvalue weighted by Crippen LogP contribution is -2.15. The lowest BCUT2D eigenvalue weighted by atomic mass is 10.1. The van der Waals surface area contributed by atoms with Gasteiger partial charge in [-0.25, -0.2) is 0 Å². The SMILES string of the molecule is COc1c(Oc2ccc(CCN)cc2)cc(C(=O)Nc2ccc(C)cc2C)c(OC)c1OC. The average Bonchev–Trinajstić information content (AvgIpc) is 2.81. The van der Waals surface area contributed by atoms with Crippen molar-refractivity contribution in [2.75, 3.05) is 33.2 Å². The highest BCUT2D eigenvalue weighted by atomic mass is 16.5. The summed E-state index contributed by atoms with van der Waals surface area (Å²) in [5.41, 5.74) is 9.77. The van der Waals surface area contributed by atoms with E-state index in [2.05, 4.69) is 5.32 Å². The van der Waals surface area contributed by atoms with Crippen LogP contribution >= 0.6 is 0 Å². The monoisotopic (exact) mass is 450 g/mol. The standard InChI is InChI=1S/C26H30N2O5/c1-16-6-11-21(17(2)14-16)28-26(29)20-15-22(24(31-4)25(32-5)23(20)30-3)33-19-9-7-18(8-10-19)12-13-27/h6-11,14-15H,12-13,27H2,1-5H3,(H,28,29). The zero-order valence-corrected chi connectivity index (χ0v) is 19.7. The lowest BCUT2D eigenvalue weighted by Gasteiger charge is -2.19. The van der Waals surface area contributed by atoms with E-state index in [0.717, 1.165) is 23.1 Å². The van der Waals surface area contributed by atoms with Crippen LogP contribution in [-0.2, 0) is 6.42 Å². The third kappa shape index (κ3) is 5.38. The summed E-state index contributed by atoms with van der Waals surface area (Å²) in [7, 11) is 4.46. The molecule has 0 radical (unpaired) electrons. The first-order valence-electron chi connectivity index (χ1n) is 10.6. The fourth-order valence-corrected chi connectivity index (χ4v) is 3.59. The van der Waals surface area contributed by atoms with Crippen LogP contribution in [0.3, 0.4) is 0 Å². The van der Waals surface area contributed by atoms with Gasteiger partial charge in [0.05, 0.1) is 26.9 Å². The summed E-state index contributed by atoms with van der Waals surface area (Å²) in [5, 5.41) is 2.95. The number of anilines is 1. The van der Waals surface area contributed by atoms with Crippen molar-refractivity contribution in [3.63, 3.8) is 0 Å². The first-order chi connectivity index (χ1) is 15.9. The second kappa shape index (κ2) is 10.7. The molecule has 0 bridgehead atoms. The van der Waals surface area contributed by atoms with Crippen molar-refractivity contribution in [2.45, 2.75) is 20.3 Å². The molecule has 174 valence electrons. The largest absolute Gasteiger partial charge is 0.492 e. The molecule has 0 aliphatic carbocycles. The molecule has 0 aromatic heterocycles. The van der Waals surface area contributed by atoms with Gasteiger partial charge < -0.3 is 30.0 Å². The van der Waals surface area contributed by atoms with Gasteiger partial charge >= 0.3 is 0 Å². The van der Waals surface area contributed by atoms with E-state index in [0.29, 0.717) is 29.5 Å². The summed E-state index contributed by atoms with van der Waals surface area (Å²) in [5.74, 6) is 1.39. The van der Waals surface area contributed by atoms with Crippen molar-refractivity contribution < 1.29 is 23.7 Å². The van der Waals surface area contributed by atoms with E-state index in [1.54, 1.807) is 6.07 Å². The highest BCUT2D eigenvalue weighted by Gasteiger charge is 2.26. The van der Waals surface area contributed by atoms with Gasteiger partial charge in [0.25, 0.3) is 5.91 Å². The molecule has 3 rings (SSSR count). The Morgan fingerprint density at radius 2 is 1.55 bits per heavy atom. The topological polar surface area (TPSA) is 92.0 Å². The third-order valence-electron chi connectivity index (χ3n) is 5.23. The molecule has 0 heterocycles. The second-order valence-electron chi connectivity index (χ2n) is 7.58. The molecule has 0 aliphatic rings. The summed E-state index contributed by atoms with van der Waals surface area (Å²) in [6.07, 6.45) is 0.780. The summed E-state index contributed by atoms with van der Waals surface area (Å²) in [6.45, 7) is 4.52. The van der Waals surface area contributed by atoms with Crippen molar-refractivity contribution in [1.29, 1.82) is 0 Å². The molecule has 1 amide bonds. The molecular weight excluding hydrogens is 420 g/mol. The number of amides is 1. The maximum atomic E-state index is 13.3. The molecule has 7 nitrogen and oxygen atoms in total. The minimum atomic E-state index is -0.358. The highest BCUT2D eigenvalue weighted by Crippen LogP contribution is 2.48. The molecule has 0 saturated heterocycles. The molecule has 0 fully saturated rings. The fourth-order valence-electron chi connectivity index (χ4n) is 3.59. The van der Waals surface area contributed by atoms with Gasteiger partial charge in [-0.05, 0) is 56.1 Å². The summed E-state index contributed by atoms with van der Waals surface area (Å²) >= 11 is 0. The number of hydrogen-bond acceptors (Lipinski definition) is 6. The number of hydrogen-bond donors (Lipinski definition) is 2. The lowest BCUT2D eigenvalue weighted by molar-refractivity contribution is 0.102. The Bertz CT molecular complexity index is 1130. The number of nitrogens with one attached hydrogen (secondary N) is 1. The number of rotatable bonds is 9. The zero-order chi connectivity index (χ0) is 24.0. The molecular formula is C26H30N2O5. The van der Waals surface area contributed by atoms with Crippen LogP contribution in [-0.4, -0.2) is 33.8 Å². The van der Waals surface area contributed by atoms with Crippen molar-refractivity contribution in [3.05, 3.63) is 70.8 Å². The average molecular weight is 451 g/mol. The van der Waals surface area contributed by atoms with Crippen LogP contribution in [0.15, 0.2) is 48.5 Å². The molecule has 0 unspecified atom stereocenters. The molecule has 3 aromatic carbocycles. The van der Waals surface area contributed by atoms with Crippen molar-refractivity contribution in [2.24, 2.45) is 5.73 Å². The maximum absolute atomic E-state index is 13.3. The first-order valence-corrected chi connectivity index (χ1v) is 10.6. The summed E-state index contributed by atoms with van der Waals surface area (Å²) in [6, 6.07) is 15.0. The molecule has 0 atom stereocenters. The summed E-state index contributed by atoms with van der Waals surface area (Å²) < 4.78 is 22.7. The van der Waals surface area contributed by atoms with Crippen LogP contribution in [0.4, 0.5) is 5.69 Å². The fraction of sp³-hybridized carbons (Fsp3) is 0.269. The van der Waals surface area contributed by atoms with Crippen LogP contribution in [0, 0.1) is 13.8 Å². The van der Waals surface area contributed by atoms with Crippen molar-refractivity contribution >= 4 is 11.6 Å². The first kappa shape index (κ1) is 23.9. The van der Waals surface area contributed by atoms with Gasteiger partial charge in [0, 0.05) is 11.8 Å². The minimum Gasteiger partial charge on any atom is -0.492 e. The van der Waals surface area contributed by atoms with Gasteiger partial charge in [0.15, 0.2) is 11.5 Å². The maximum Gasteiger partial charge on any atom is 0.259 e. The Hall–Kier alpha value is -3.71. The molecule has 3 aromatic rings. The van der Waals surface area contributed by atoms with Crippen LogP contribution in [0.1, 0.15) is 27.0 Å².